The van der Waals surface area contributed by atoms with Crippen molar-refractivity contribution in [2.75, 3.05) is 19.4 Å². The Labute approximate surface area is 125 Å². The standard InChI is InChI=1S/C15H23N3O3/c1-10(15(2,3)4)17(6)14(19)11-8-7-9-12(18(20)21)13(11)16-5/h7-10,16H,1-6H3. The van der Waals surface area contributed by atoms with Crippen LogP contribution in [-0.4, -0.2) is 35.9 Å². The molecular weight excluding hydrogens is 270 g/mol. The number of nitrogens with one attached hydrogen (secondary N) is 1. The number of hydrogen-bond donors (Lipinski definition) is 1. The van der Waals surface area contributed by atoms with E-state index in [1.54, 1.807) is 25.1 Å². The fraction of sp³-hybridized carbons (Fsp3) is 0.533. The monoisotopic (exact) mass is 293 g/mol. The van der Waals surface area contributed by atoms with Gasteiger partial charge in [0.1, 0.15) is 5.69 Å². The number of benzene rings is 1. The lowest BCUT2D eigenvalue weighted by Crippen LogP contribution is -2.43. The highest BCUT2D eigenvalue weighted by Gasteiger charge is 2.30. The van der Waals surface area contributed by atoms with Gasteiger partial charge in [0.2, 0.25) is 0 Å². The smallest absolute Gasteiger partial charge is 0.293 e. The molecule has 1 N–H and O–H groups in total. The van der Waals surface area contributed by atoms with E-state index in [0.29, 0.717) is 5.56 Å². The van der Waals surface area contributed by atoms with Gasteiger partial charge in [0.15, 0.2) is 0 Å². The van der Waals surface area contributed by atoms with Crippen LogP contribution in [0.15, 0.2) is 18.2 Å². The molecule has 116 valence electrons. The number of hydrogen-bond acceptors (Lipinski definition) is 4. The normalized spacial score (nSPS) is 12.7. The Morgan fingerprint density at radius 3 is 2.38 bits per heavy atom. The van der Waals surface area contributed by atoms with E-state index in [1.165, 1.54) is 12.1 Å². The largest absolute Gasteiger partial charge is 0.382 e. The van der Waals surface area contributed by atoms with Gasteiger partial charge in [0.25, 0.3) is 11.6 Å². The number of anilines is 1. The average Bonchev–Trinajstić information content (AvgIpc) is 2.42. The molecule has 21 heavy (non-hydrogen) atoms. The van der Waals surface area contributed by atoms with E-state index in [4.69, 9.17) is 0 Å². The van der Waals surface area contributed by atoms with Crippen molar-refractivity contribution < 1.29 is 9.72 Å². The molecule has 1 atom stereocenters. The third-order valence-corrected chi connectivity index (χ3v) is 3.87. The number of amides is 1. The zero-order valence-corrected chi connectivity index (χ0v) is 13.4. The van der Waals surface area contributed by atoms with Gasteiger partial charge in [-0.3, -0.25) is 14.9 Å². The highest BCUT2D eigenvalue weighted by molar-refractivity contribution is 6.01. The first-order valence-corrected chi connectivity index (χ1v) is 6.83. The molecule has 0 aliphatic heterocycles. The van der Waals surface area contributed by atoms with E-state index in [0.717, 1.165) is 0 Å². The maximum atomic E-state index is 12.7. The molecule has 0 spiro atoms. The second kappa shape index (κ2) is 6.11. The number of para-hydroxylation sites is 1. The molecule has 1 aromatic carbocycles. The summed E-state index contributed by atoms with van der Waals surface area (Å²) in [7, 11) is 3.29. The molecule has 0 aliphatic rings. The molecule has 6 heteroatoms. The molecule has 0 fully saturated rings. The van der Waals surface area contributed by atoms with Crippen LogP contribution in [0.4, 0.5) is 11.4 Å². The van der Waals surface area contributed by atoms with Crippen LogP contribution >= 0.6 is 0 Å². The van der Waals surface area contributed by atoms with Crippen molar-refractivity contribution in [3.8, 4) is 0 Å². The quantitative estimate of drug-likeness (QED) is 0.683. The average molecular weight is 293 g/mol. The molecule has 0 saturated heterocycles. The van der Waals surface area contributed by atoms with E-state index in [2.05, 4.69) is 5.32 Å². The predicted octanol–water partition coefficient (Wildman–Crippen LogP) is 3.14. The summed E-state index contributed by atoms with van der Waals surface area (Å²) < 4.78 is 0. The van der Waals surface area contributed by atoms with Crippen LogP contribution in [0, 0.1) is 15.5 Å². The molecule has 1 aromatic rings. The number of nitro groups is 1. The van der Waals surface area contributed by atoms with Crippen molar-refractivity contribution >= 4 is 17.3 Å². The van der Waals surface area contributed by atoms with Crippen molar-refractivity contribution in [3.63, 3.8) is 0 Å². The van der Waals surface area contributed by atoms with Gasteiger partial charge in [-0.15, -0.1) is 0 Å². The highest BCUT2D eigenvalue weighted by atomic mass is 16.6. The van der Waals surface area contributed by atoms with Gasteiger partial charge >= 0.3 is 0 Å². The van der Waals surface area contributed by atoms with Crippen LogP contribution in [0.1, 0.15) is 38.1 Å². The Bertz CT molecular complexity index is 550. The summed E-state index contributed by atoms with van der Waals surface area (Å²) >= 11 is 0. The van der Waals surface area contributed by atoms with Crippen LogP contribution in [0.2, 0.25) is 0 Å². The fourth-order valence-electron chi connectivity index (χ4n) is 2.08. The minimum atomic E-state index is -0.490. The van der Waals surface area contributed by atoms with Crippen molar-refractivity contribution in [2.24, 2.45) is 5.41 Å². The van der Waals surface area contributed by atoms with Gasteiger partial charge < -0.3 is 10.2 Å². The molecule has 1 rings (SSSR count). The first kappa shape index (κ1) is 16.9. The van der Waals surface area contributed by atoms with Gasteiger partial charge in [-0.2, -0.15) is 0 Å². The zero-order chi connectivity index (χ0) is 16.4. The number of rotatable bonds is 4. The zero-order valence-electron chi connectivity index (χ0n) is 13.4. The lowest BCUT2D eigenvalue weighted by atomic mass is 9.87. The molecule has 1 unspecified atom stereocenters. The van der Waals surface area contributed by atoms with Crippen molar-refractivity contribution in [1.29, 1.82) is 0 Å². The second-order valence-corrected chi connectivity index (χ2v) is 6.16. The number of nitrogens with zero attached hydrogens (tertiary/aromatic N) is 2. The Balaban J connectivity index is 3.25. The Morgan fingerprint density at radius 2 is 1.95 bits per heavy atom. The molecule has 0 heterocycles. The molecule has 0 radical (unpaired) electrons. The maximum absolute atomic E-state index is 12.7. The molecule has 0 bridgehead atoms. The lowest BCUT2D eigenvalue weighted by molar-refractivity contribution is -0.384. The first-order valence-electron chi connectivity index (χ1n) is 6.83. The third-order valence-electron chi connectivity index (χ3n) is 3.87. The predicted molar refractivity (Wildman–Crippen MR) is 83.7 cm³/mol. The minimum Gasteiger partial charge on any atom is -0.382 e. The maximum Gasteiger partial charge on any atom is 0.293 e. The van der Waals surface area contributed by atoms with Crippen LogP contribution in [0.3, 0.4) is 0 Å². The van der Waals surface area contributed by atoms with E-state index in [1.807, 2.05) is 27.7 Å². The summed E-state index contributed by atoms with van der Waals surface area (Å²) in [5, 5.41) is 13.8. The molecular formula is C15H23N3O3. The van der Waals surface area contributed by atoms with Gasteiger partial charge in [-0.1, -0.05) is 26.8 Å². The lowest BCUT2D eigenvalue weighted by Gasteiger charge is -2.35. The molecule has 6 nitrogen and oxygen atoms in total. The van der Waals surface area contributed by atoms with Gasteiger partial charge in [0, 0.05) is 26.2 Å². The van der Waals surface area contributed by atoms with Crippen molar-refractivity contribution in [3.05, 3.63) is 33.9 Å². The number of carbonyl (C=O) groups excluding carboxylic acids is 1. The van der Waals surface area contributed by atoms with E-state index >= 15 is 0 Å². The van der Waals surface area contributed by atoms with E-state index in [9.17, 15) is 14.9 Å². The van der Waals surface area contributed by atoms with Gasteiger partial charge in [-0.25, -0.2) is 0 Å². The summed E-state index contributed by atoms with van der Waals surface area (Å²) in [6.45, 7) is 8.11. The SMILES string of the molecule is CNc1c(C(=O)N(C)C(C)C(C)(C)C)cccc1[N+](=O)[O-]. The molecule has 0 aromatic heterocycles. The summed E-state index contributed by atoms with van der Waals surface area (Å²) in [6.07, 6.45) is 0. The van der Waals surface area contributed by atoms with Gasteiger partial charge in [0.05, 0.1) is 10.5 Å². The second-order valence-electron chi connectivity index (χ2n) is 6.16. The Hall–Kier alpha value is -2.11. The minimum absolute atomic E-state index is 0.00558. The summed E-state index contributed by atoms with van der Waals surface area (Å²) in [6, 6.07) is 4.51. The van der Waals surface area contributed by atoms with E-state index < -0.39 is 4.92 Å². The first-order chi connectivity index (χ1) is 9.61. The summed E-state index contributed by atoms with van der Waals surface area (Å²) in [4.78, 5) is 24.8. The molecule has 1 amide bonds. The van der Waals surface area contributed by atoms with Crippen LogP contribution < -0.4 is 5.32 Å². The van der Waals surface area contributed by atoms with Crippen LogP contribution in [0.25, 0.3) is 0 Å². The third kappa shape index (κ3) is 3.51. The Morgan fingerprint density at radius 1 is 1.38 bits per heavy atom. The molecule has 0 saturated carbocycles. The van der Waals surface area contributed by atoms with Crippen LogP contribution in [0.5, 0.6) is 0 Å². The Kier molecular flexibility index (Phi) is 4.93. The van der Waals surface area contributed by atoms with Crippen molar-refractivity contribution in [1.82, 2.24) is 4.90 Å². The summed E-state index contributed by atoms with van der Waals surface area (Å²) in [5.41, 5.74) is 0.385. The number of carbonyl (C=O) groups is 1. The van der Waals surface area contributed by atoms with E-state index in [-0.39, 0.29) is 28.7 Å². The highest BCUT2D eigenvalue weighted by Crippen LogP contribution is 2.30. The van der Waals surface area contributed by atoms with Crippen LogP contribution in [-0.2, 0) is 0 Å². The topological polar surface area (TPSA) is 75.5 Å². The molecule has 0 aliphatic carbocycles. The number of nitro benzene ring substituents is 1. The van der Waals surface area contributed by atoms with Gasteiger partial charge in [-0.05, 0) is 18.4 Å². The fourth-order valence-corrected chi connectivity index (χ4v) is 2.08. The van der Waals surface area contributed by atoms with Crippen molar-refractivity contribution in [2.45, 2.75) is 33.7 Å². The summed E-state index contributed by atoms with van der Waals surface area (Å²) in [5.74, 6) is -0.231.